The molecule has 0 fully saturated rings. The molecule has 0 aliphatic heterocycles. The Morgan fingerprint density at radius 1 is 0.638 bits per heavy atom. The molecule has 0 heterocycles. The maximum Gasteiger partial charge on any atom is 0.319 e. The summed E-state index contributed by atoms with van der Waals surface area (Å²) in [5.41, 5.74) is 20.1. The van der Waals surface area contributed by atoms with Crippen LogP contribution < -0.4 is 32.7 Å². The zero-order valence-electron chi connectivity index (χ0n) is 29.1. The molecule has 47 heavy (non-hydrogen) atoms. The van der Waals surface area contributed by atoms with Crippen LogP contribution in [0.1, 0.15) is 71.9 Å². The number of anilines is 2. The third kappa shape index (κ3) is 17.2. The van der Waals surface area contributed by atoms with Crippen molar-refractivity contribution in [3.63, 3.8) is 0 Å². The zero-order chi connectivity index (χ0) is 35.0. The fraction of sp³-hybridized carbons (Fsp3) is 0.432. The molecule has 10 heteroatoms. The highest BCUT2D eigenvalue weighted by atomic mass is 32.1. The number of unbranched alkanes of at least 4 members (excludes halogenated alkanes) is 4. The van der Waals surface area contributed by atoms with Crippen molar-refractivity contribution in [2.24, 2.45) is 16.5 Å². The Balaban J connectivity index is 0.000000499. The molecule has 2 amide bonds. The van der Waals surface area contributed by atoms with E-state index in [0.29, 0.717) is 11.7 Å². The smallest absolute Gasteiger partial charge is 0.319 e. The number of carbonyl (C=O) groups is 1. The summed E-state index contributed by atoms with van der Waals surface area (Å²) in [6.45, 7) is 15.2. The molecule has 0 saturated heterocycles. The number of urea groups is 1. The first-order chi connectivity index (χ1) is 22.5. The van der Waals surface area contributed by atoms with Crippen molar-refractivity contribution in [3.05, 3.63) is 88.0 Å². The van der Waals surface area contributed by atoms with Gasteiger partial charge in [-0.15, -0.1) is 0 Å². The van der Waals surface area contributed by atoms with Crippen molar-refractivity contribution in [1.29, 1.82) is 0 Å². The van der Waals surface area contributed by atoms with Gasteiger partial charge in [-0.1, -0.05) is 61.0 Å². The Morgan fingerprint density at radius 2 is 1.04 bits per heavy atom. The second-order valence-electron chi connectivity index (χ2n) is 11.4. The van der Waals surface area contributed by atoms with Gasteiger partial charge in [0.05, 0.1) is 10.8 Å². The van der Waals surface area contributed by atoms with Gasteiger partial charge in [0.2, 0.25) is 0 Å². The fourth-order valence-electron chi connectivity index (χ4n) is 4.66. The van der Waals surface area contributed by atoms with E-state index in [1.54, 1.807) is 0 Å². The third-order valence-electron chi connectivity index (χ3n) is 7.37. The number of nitrogens with two attached hydrogens (primary N) is 2. The van der Waals surface area contributed by atoms with Crippen LogP contribution in [0.4, 0.5) is 21.9 Å². The van der Waals surface area contributed by atoms with Gasteiger partial charge >= 0.3 is 6.03 Å². The second kappa shape index (κ2) is 24.5. The summed E-state index contributed by atoms with van der Waals surface area (Å²) in [7, 11) is 0. The molecule has 0 aromatic heterocycles. The first-order valence-electron chi connectivity index (χ1n) is 16.3. The molecule has 8 N–H and O–H groups in total. The number of hydrogen-bond donors (Lipinski definition) is 6. The van der Waals surface area contributed by atoms with Gasteiger partial charge in [0, 0.05) is 24.5 Å². The zero-order valence-corrected chi connectivity index (χ0v) is 30.7. The average Bonchev–Trinajstić information content (AvgIpc) is 3.03. The molecule has 8 nitrogen and oxygen atoms in total. The molecule has 0 aliphatic rings. The Labute approximate surface area is 293 Å². The van der Waals surface area contributed by atoms with E-state index >= 15 is 0 Å². The molecule has 0 atom stereocenters. The van der Waals surface area contributed by atoms with Gasteiger partial charge < -0.3 is 32.7 Å². The number of thiocarbonyl (C=S) groups is 2. The van der Waals surface area contributed by atoms with Crippen molar-refractivity contribution < 1.29 is 4.79 Å². The summed E-state index contributed by atoms with van der Waals surface area (Å²) in [5.74, 6) is 0. The molecule has 0 unspecified atom stereocenters. The van der Waals surface area contributed by atoms with Crippen LogP contribution in [0.15, 0.2) is 59.6 Å². The average molecular weight is 678 g/mol. The number of hydrogen-bond acceptors (Lipinski definition) is 6. The molecule has 3 aromatic rings. The van der Waals surface area contributed by atoms with E-state index in [4.69, 9.17) is 23.7 Å². The largest absolute Gasteiger partial charge is 0.362 e. The molecule has 256 valence electrons. The van der Waals surface area contributed by atoms with Crippen LogP contribution in [0.3, 0.4) is 0 Å². The highest BCUT2D eigenvalue weighted by Crippen LogP contribution is 2.22. The molecular weight excluding hydrogens is 623 g/mol. The number of carbonyl (C=O) groups excluding carboxylic acids is 1. The first-order valence-corrected chi connectivity index (χ1v) is 17.1. The summed E-state index contributed by atoms with van der Waals surface area (Å²) in [6.07, 6.45) is 6.37. The summed E-state index contributed by atoms with van der Waals surface area (Å²) < 4.78 is 0. The van der Waals surface area contributed by atoms with Gasteiger partial charge in [-0.05, 0) is 145 Å². The molecule has 3 aromatic carbocycles. The molecule has 0 saturated carbocycles. The highest BCUT2D eigenvalue weighted by Gasteiger charge is 2.07. The minimum Gasteiger partial charge on any atom is -0.362 e. The van der Waals surface area contributed by atoms with Crippen molar-refractivity contribution in [1.82, 2.24) is 10.6 Å². The number of aliphatic imine (C=N–C) groups is 1. The van der Waals surface area contributed by atoms with E-state index < -0.39 is 0 Å². The molecular formula is C37H55N7OS2. The van der Waals surface area contributed by atoms with Gasteiger partial charge in [0.1, 0.15) is 0 Å². The third-order valence-corrected chi connectivity index (χ3v) is 7.71. The fourth-order valence-corrected chi connectivity index (χ4v) is 4.96. The Hall–Kier alpha value is -3.66. The number of nitrogens with one attached hydrogen (secondary N) is 4. The predicted molar refractivity (Wildman–Crippen MR) is 209 cm³/mol. The Kier molecular flexibility index (Phi) is 21.6. The van der Waals surface area contributed by atoms with Crippen LogP contribution in [0, 0.1) is 41.5 Å². The van der Waals surface area contributed by atoms with Gasteiger partial charge in [0.25, 0.3) is 0 Å². The lowest BCUT2D eigenvalue weighted by molar-refractivity contribution is 0.252. The summed E-state index contributed by atoms with van der Waals surface area (Å²) in [6, 6.07) is 18.0. The minimum absolute atomic E-state index is 0.153. The lowest BCUT2D eigenvalue weighted by Gasteiger charge is -2.14. The highest BCUT2D eigenvalue weighted by molar-refractivity contribution is 7.80. The van der Waals surface area contributed by atoms with Gasteiger partial charge in [-0.3, -0.25) is 0 Å². The molecule has 3 rings (SSSR count). The van der Waals surface area contributed by atoms with E-state index in [9.17, 15) is 4.79 Å². The van der Waals surface area contributed by atoms with E-state index in [-0.39, 0.29) is 6.03 Å². The number of amides is 2. The quantitative estimate of drug-likeness (QED) is 0.0610. The second-order valence-corrected chi connectivity index (χ2v) is 12.0. The van der Waals surface area contributed by atoms with Crippen molar-refractivity contribution in [2.75, 3.05) is 36.8 Å². The van der Waals surface area contributed by atoms with Gasteiger partial charge in [-0.25, -0.2) is 4.79 Å². The molecule has 0 aliphatic carbocycles. The number of nitrogens with zero attached hydrogens (tertiary/aromatic N) is 1. The van der Waals surface area contributed by atoms with Crippen LogP contribution in [0.5, 0.6) is 0 Å². The minimum atomic E-state index is -0.153. The van der Waals surface area contributed by atoms with Crippen LogP contribution >= 0.6 is 24.4 Å². The van der Waals surface area contributed by atoms with Crippen LogP contribution in [0.2, 0.25) is 0 Å². The van der Waals surface area contributed by atoms with Crippen molar-refractivity contribution in [2.45, 2.75) is 80.1 Å². The molecule has 0 radical (unpaired) electrons. The summed E-state index contributed by atoms with van der Waals surface area (Å²) >= 11 is 9.92. The standard InChI is InChI=1S/C23H32N4OS.C9H9NS.C5H14N2/c1-16-10-8-11-17(2)20(16)26-22(28)24-14-6-5-7-15-25-23(29)27-21-18(3)12-9-13-19(21)4;1-7-4-3-5-8(2)9(7)10-6-11;6-4-2-1-3-5-7/h8-13H,5-7,14-15H2,1-4H3,(H2,24,26,28)(H2,25,27,29);3-5H,1-2H3;1-7H2. The van der Waals surface area contributed by atoms with Crippen LogP contribution in [-0.2, 0) is 0 Å². The number of isothiocyanates is 1. The van der Waals surface area contributed by atoms with Crippen molar-refractivity contribution >= 4 is 57.8 Å². The maximum absolute atomic E-state index is 12.1. The number of para-hydroxylation sites is 3. The lowest BCUT2D eigenvalue weighted by Crippen LogP contribution is -2.31. The molecule has 0 spiro atoms. The Morgan fingerprint density at radius 3 is 1.49 bits per heavy atom. The van der Waals surface area contributed by atoms with E-state index in [1.807, 2.05) is 70.2 Å². The molecule has 0 bridgehead atoms. The summed E-state index contributed by atoms with van der Waals surface area (Å²) in [5, 5.41) is 15.4. The maximum atomic E-state index is 12.1. The van der Waals surface area contributed by atoms with E-state index in [1.165, 1.54) is 17.5 Å². The lowest BCUT2D eigenvalue weighted by atomic mass is 10.1. The van der Waals surface area contributed by atoms with Gasteiger partial charge in [0.15, 0.2) is 5.11 Å². The summed E-state index contributed by atoms with van der Waals surface area (Å²) in [4.78, 5) is 16.0. The van der Waals surface area contributed by atoms with E-state index in [2.05, 4.69) is 69.6 Å². The van der Waals surface area contributed by atoms with Gasteiger partial charge in [-0.2, -0.15) is 4.99 Å². The topological polar surface area (TPSA) is 130 Å². The van der Waals surface area contributed by atoms with Crippen LogP contribution in [-0.4, -0.2) is 42.5 Å². The Bertz CT molecular complexity index is 1300. The number of aryl methyl sites for hydroxylation is 6. The predicted octanol–water partition coefficient (Wildman–Crippen LogP) is 8.31. The first kappa shape index (κ1) is 41.4. The SMILES string of the molecule is Cc1cccc(C)c1N=C=S.Cc1cccc(C)c1NC(=O)NCCCCCNC(=S)Nc1c(C)cccc1C.NCCCCCN. The number of rotatable bonds is 13. The monoisotopic (exact) mass is 677 g/mol. The van der Waals surface area contributed by atoms with Crippen molar-refractivity contribution in [3.8, 4) is 0 Å². The van der Waals surface area contributed by atoms with Crippen LogP contribution in [0.25, 0.3) is 0 Å². The number of benzene rings is 3. The van der Waals surface area contributed by atoms with E-state index in [0.717, 1.165) is 91.1 Å². The normalized spacial score (nSPS) is 9.87.